The average Bonchev–Trinajstić information content (AvgIpc) is 2.27. The van der Waals surface area contributed by atoms with Crippen LogP contribution in [0.3, 0.4) is 0 Å². The molecule has 0 fully saturated rings. The van der Waals surface area contributed by atoms with Crippen LogP contribution in [-0.4, -0.2) is 32.3 Å². The number of hydrogen-bond donors (Lipinski definition) is 0. The Morgan fingerprint density at radius 2 is 1.95 bits per heavy atom. The summed E-state index contributed by atoms with van der Waals surface area (Å²) in [7, 11) is 3.94. The van der Waals surface area contributed by atoms with E-state index in [9.17, 15) is 4.79 Å². The maximum absolute atomic E-state index is 11.5. The molecule has 0 bridgehead atoms. The van der Waals surface area contributed by atoms with Crippen molar-refractivity contribution in [1.82, 2.24) is 0 Å². The predicted molar refractivity (Wildman–Crippen MR) is 76.7 cm³/mol. The van der Waals surface area contributed by atoms with Gasteiger partial charge in [0, 0.05) is 25.8 Å². The molecule has 1 aromatic rings. The molecule has 0 aromatic heterocycles. The standard InChI is InChI=1S/C15H23NO3/c1-15(2,3)19-14(17)9-10-18-13-8-6-7-12(11-13)16(4)5/h6-8,11H,9-10H2,1-5H3. The molecule has 0 unspecified atom stereocenters. The summed E-state index contributed by atoms with van der Waals surface area (Å²) in [4.78, 5) is 13.5. The van der Waals surface area contributed by atoms with Crippen molar-refractivity contribution in [3.63, 3.8) is 0 Å². The summed E-state index contributed by atoms with van der Waals surface area (Å²) in [5, 5.41) is 0. The molecule has 106 valence electrons. The maximum atomic E-state index is 11.5. The van der Waals surface area contributed by atoms with E-state index in [0.29, 0.717) is 6.61 Å². The number of esters is 1. The normalized spacial score (nSPS) is 11.0. The van der Waals surface area contributed by atoms with Crippen molar-refractivity contribution in [3.8, 4) is 5.75 Å². The van der Waals surface area contributed by atoms with Gasteiger partial charge in [-0.25, -0.2) is 0 Å². The number of anilines is 1. The van der Waals surface area contributed by atoms with Crippen molar-refractivity contribution in [3.05, 3.63) is 24.3 Å². The van der Waals surface area contributed by atoms with Crippen molar-refractivity contribution in [2.45, 2.75) is 32.8 Å². The summed E-state index contributed by atoms with van der Waals surface area (Å²) in [5.74, 6) is 0.519. The predicted octanol–water partition coefficient (Wildman–Crippen LogP) is 2.86. The van der Waals surface area contributed by atoms with Gasteiger partial charge in [-0.3, -0.25) is 4.79 Å². The van der Waals surface area contributed by atoms with Crippen molar-refractivity contribution in [1.29, 1.82) is 0 Å². The molecule has 0 saturated heterocycles. The summed E-state index contributed by atoms with van der Waals surface area (Å²) >= 11 is 0. The van der Waals surface area contributed by atoms with Gasteiger partial charge in [-0.2, -0.15) is 0 Å². The highest BCUT2D eigenvalue weighted by atomic mass is 16.6. The van der Waals surface area contributed by atoms with E-state index in [1.807, 2.05) is 64.0 Å². The number of rotatable bonds is 5. The van der Waals surface area contributed by atoms with E-state index in [2.05, 4.69) is 0 Å². The number of hydrogen-bond acceptors (Lipinski definition) is 4. The SMILES string of the molecule is CN(C)c1cccc(OCCC(=O)OC(C)(C)C)c1. The van der Waals surface area contributed by atoms with E-state index in [0.717, 1.165) is 11.4 Å². The van der Waals surface area contributed by atoms with E-state index in [1.165, 1.54) is 0 Å². The Morgan fingerprint density at radius 1 is 1.26 bits per heavy atom. The molecule has 19 heavy (non-hydrogen) atoms. The zero-order chi connectivity index (χ0) is 14.5. The lowest BCUT2D eigenvalue weighted by molar-refractivity contribution is -0.155. The van der Waals surface area contributed by atoms with Crippen molar-refractivity contribution >= 4 is 11.7 Å². The zero-order valence-corrected chi connectivity index (χ0v) is 12.4. The van der Waals surface area contributed by atoms with Gasteiger partial charge < -0.3 is 14.4 Å². The summed E-state index contributed by atoms with van der Waals surface area (Å²) in [6.07, 6.45) is 0.253. The van der Waals surface area contributed by atoms with Crippen LogP contribution in [-0.2, 0) is 9.53 Å². The Morgan fingerprint density at radius 3 is 2.53 bits per heavy atom. The second-order valence-electron chi connectivity index (χ2n) is 5.58. The van der Waals surface area contributed by atoms with Crippen molar-refractivity contribution < 1.29 is 14.3 Å². The van der Waals surface area contributed by atoms with E-state index in [-0.39, 0.29) is 12.4 Å². The van der Waals surface area contributed by atoms with Crippen molar-refractivity contribution in [2.75, 3.05) is 25.6 Å². The second kappa shape index (κ2) is 6.45. The topological polar surface area (TPSA) is 38.8 Å². The van der Waals surface area contributed by atoms with E-state index < -0.39 is 5.60 Å². The molecule has 4 heteroatoms. The largest absolute Gasteiger partial charge is 0.493 e. The highest BCUT2D eigenvalue weighted by Gasteiger charge is 2.15. The number of ether oxygens (including phenoxy) is 2. The van der Waals surface area contributed by atoms with Gasteiger partial charge in [0.25, 0.3) is 0 Å². The first-order valence-electron chi connectivity index (χ1n) is 6.40. The Bertz CT molecular complexity index is 422. The second-order valence-corrected chi connectivity index (χ2v) is 5.58. The van der Waals surface area contributed by atoms with Crippen LogP contribution in [0.5, 0.6) is 5.75 Å². The molecule has 4 nitrogen and oxygen atoms in total. The summed E-state index contributed by atoms with van der Waals surface area (Å²) in [6, 6.07) is 7.75. The lowest BCUT2D eigenvalue weighted by atomic mass is 10.2. The average molecular weight is 265 g/mol. The van der Waals surface area contributed by atoms with Gasteiger partial charge >= 0.3 is 5.97 Å². The molecule has 0 aliphatic rings. The van der Waals surface area contributed by atoms with Crippen LogP contribution in [0.4, 0.5) is 5.69 Å². The third kappa shape index (κ3) is 6.13. The van der Waals surface area contributed by atoms with E-state index in [1.54, 1.807) is 0 Å². The molecule has 1 aromatic carbocycles. The first-order valence-corrected chi connectivity index (χ1v) is 6.40. The van der Waals surface area contributed by atoms with Crippen LogP contribution in [0, 0.1) is 0 Å². The van der Waals surface area contributed by atoms with Gasteiger partial charge in [-0.05, 0) is 32.9 Å². The molecule has 0 radical (unpaired) electrons. The fraction of sp³-hybridized carbons (Fsp3) is 0.533. The molecule has 0 atom stereocenters. The number of benzene rings is 1. The molecule has 0 amide bonds. The molecule has 0 N–H and O–H groups in total. The highest BCUT2D eigenvalue weighted by molar-refractivity contribution is 5.70. The van der Waals surface area contributed by atoms with Crippen LogP contribution in [0.2, 0.25) is 0 Å². The minimum absolute atomic E-state index is 0.240. The Hall–Kier alpha value is -1.71. The Labute approximate surface area is 115 Å². The quantitative estimate of drug-likeness (QED) is 0.767. The molecule has 0 heterocycles. The first kappa shape index (κ1) is 15.3. The van der Waals surface area contributed by atoms with Crippen LogP contribution >= 0.6 is 0 Å². The highest BCUT2D eigenvalue weighted by Crippen LogP contribution is 2.19. The molecule has 0 saturated carbocycles. The minimum atomic E-state index is -0.443. The smallest absolute Gasteiger partial charge is 0.309 e. The van der Waals surface area contributed by atoms with Crippen LogP contribution in [0.15, 0.2) is 24.3 Å². The van der Waals surface area contributed by atoms with Gasteiger partial charge in [-0.1, -0.05) is 6.07 Å². The summed E-state index contributed by atoms with van der Waals surface area (Å²) < 4.78 is 10.8. The molecular weight excluding hydrogens is 242 g/mol. The summed E-state index contributed by atoms with van der Waals surface area (Å²) in [5.41, 5.74) is 0.622. The molecule has 0 aliphatic carbocycles. The summed E-state index contributed by atoms with van der Waals surface area (Å²) in [6.45, 7) is 5.89. The van der Waals surface area contributed by atoms with Crippen LogP contribution in [0.1, 0.15) is 27.2 Å². The van der Waals surface area contributed by atoms with Gasteiger partial charge in [0.2, 0.25) is 0 Å². The number of carbonyl (C=O) groups is 1. The molecule has 0 spiro atoms. The van der Waals surface area contributed by atoms with E-state index >= 15 is 0 Å². The zero-order valence-electron chi connectivity index (χ0n) is 12.4. The third-order valence-electron chi connectivity index (χ3n) is 2.33. The van der Waals surface area contributed by atoms with Crippen LogP contribution < -0.4 is 9.64 Å². The van der Waals surface area contributed by atoms with Crippen LogP contribution in [0.25, 0.3) is 0 Å². The first-order chi connectivity index (χ1) is 8.78. The number of carbonyl (C=O) groups excluding carboxylic acids is 1. The van der Waals surface area contributed by atoms with Gasteiger partial charge in [0.1, 0.15) is 11.4 Å². The monoisotopic (exact) mass is 265 g/mol. The fourth-order valence-electron chi connectivity index (χ4n) is 1.50. The molecule has 1 rings (SSSR count). The fourth-order valence-corrected chi connectivity index (χ4v) is 1.50. The third-order valence-corrected chi connectivity index (χ3v) is 2.33. The maximum Gasteiger partial charge on any atom is 0.309 e. The van der Waals surface area contributed by atoms with Gasteiger partial charge in [-0.15, -0.1) is 0 Å². The van der Waals surface area contributed by atoms with E-state index in [4.69, 9.17) is 9.47 Å². The Balaban J connectivity index is 2.41. The van der Waals surface area contributed by atoms with Crippen molar-refractivity contribution in [2.24, 2.45) is 0 Å². The molecular formula is C15H23NO3. The number of nitrogens with zero attached hydrogens (tertiary/aromatic N) is 1. The lowest BCUT2D eigenvalue weighted by Gasteiger charge is -2.19. The van der Waals surface area contributed by atoms with Gasteiger partial charge in [0.05, 0.1) is 13.0 Å². The van der Waals surface area contributed by atoms with Gasteiger partial charge in [0.15, 0.2) is 0 Å². The molecule has 0 aliphatic heterocycles. The Kier molecular flexibility index (Phi) is 5.21. The lowest BCUT2D eigenvalue weighted by Crippen LogP contribution is -2.24. The minimum Gasteiger partial charge on any atom is -0.493 e.